The lowest BCUT2D eigenvalue weighted by atomic mass is 10.0. The smallest absolute Gasteiger partial charge is 0.267 e. The number of nitrogens with one attached hydrogen (secondary N) is 6. The zero-order valence-corrected chi connectivity index (χ0v) is 87.4. The number of carbonyl (C=O) groups excluding carboxylic acids is 6. The lowest BCUT2D eigenvalue weighted by Crippen LogP contribution is -2.13. The van der Waals surface area contributed by atoms with Gasteiger partial charge in [-0.1, -0.05) is 249 Å². The Labute approximate surface area is 846 Å². The Bertz CT molecular complexity index is 6070. The van der Waals surface area contributed by atoms with Crippen molar-refractivity contribution < 1.29 is 75.8 Å². The third kappa shape index (κ3) is 36.1. The Hall–Kier alpha value is -14.1. The van der Waals surface area contributed by atoms with Crippen LogP contribution in [-0.2, 0) is 107 Å². The highest BCUT2D eigenvalue weighted by Gasteiger charge is 2.29. The van der Waals surface area contributed by atoms with Crippen molar-refractivity contribution in [1.82, 2.24) is 0 Å². The molecule has 0 spiro atoms. The van der Waals surface area contributed by atoms with Gasteiger partial charge in [-0.05, 0) is 248 Å². The Kier molecular flexibility index (Phi) is 47.6. The van der Waals surface area contributed by atoms with E-state index < -0.39 is 6.43 Å². The molecule has 0 heterocycles. The molecule has 0 bridgehead atoms. The number of hydrogen-bond acceptors (Lipinski definition) is 14. The number of alkyl halides is 2. The Morgan fingerprint density at radius 1 is 0.280 bits per heavy atom. The molecule has 1 fully saturated rings. The van der Waals surface area contributed by atoms with Gasteiger partial charge >= 0.3 is 0 Å². The monoisotopic (exact) mass is 1950 g/mol. The molecule has 0 aliphatic heterocycles. The number of anilines is 6. The lowest BCUT2D eigenvalue weighted by molar-refractivity contribution is -0.116. The van der Waals surface area contributed by atoms with Crippen molar-refractivity contribution in [3.05, 3.63) is 347 Å². The molecule has 20 nitrogen and oxygen atoms in total. The molecular weight excluding hydrogens is 1800 g/mol. The molecule has 6 amide bonds. The van der Waals surface area contributed by atoms with Gasteiger partial charge in [-0.25, -0.2) is 8.78 Å². The number of carbonyl (C=O) groups is 6. The molecule has 0 unspecified atom stereocenters. The second kappa shape index (κ2) is 59.6. The number of aliphatic hydroxyl groups excluding tert-OH is 1. The number of aryl methyl sites for hydroxylation is 13. The molecule has 22 heteroatoms. The predicted molar refractivity (Wildman–Crippen MR) is 576 cm³/mol. The van der Waals surface area contributed by atoms with Crippen LogP contribution in [0, 0.1) is 55.4 Å². The van der Waals surface area contributed by atoms with Crippen molar-refractivity contribution in [2.45, 2.75) is 281 Å². The Morgan fingerprint density at radius 3 is 0.909 bits per heavy atom. The molecule has 0 aromatic heterocycles. The van der Waals surface area contributed by atoms with Crippen LogP contribution < -0.4 is 65.1 Å². The molecular formula is C121H148F2N6O14. The SMILES string of the molecule is CCC(=O)Nc1cccc(C)c1COc1ccc(C)cc1CC.CCC(=O)Nc1cccc(C)c1COc1ccc(C)cc1CC.CCC(=O)Nc1cccc(C2CC2)c1COc1ccc(C)cc1CC.CCC(=O)Nc1cccc(CO)c1COc1ccc(C)cc1CC.CCC(=O)Nc1ccccc1COc1ccc(C)cc1C(F)F.CCOc1cccc(NC(=O)CC)c1COc1ccc(C)cc1CC. The third-order valence-electron chi connectivity index (χ3n) is 24.1. The summed E-state index contributed by atoms with van der Waals surface area (Å²) in [5, 5.41) is 27.1. The van der Waals surface area contributed by atoms with Crippen LogP contribution in [0.15, 0.2) is 224 Å². The van der Waals surface area contributed by atoms with Crippen molar-refractivity contribution in [2.24, 2.45) is 0 Å². The Morgan fingerprint density at radius 2 is 0.559 bits per heavy atom. The van der Waals surface area contributed by atoms with Gasteiger partial charge in [0, 0.05) is 94.8 Å². The Balaban J connectivity index is 0.000000210. The number of ether oxygens (including phenoxy) is 7. The largest absolute Gasteiger partial charge is 0.493 e. The van der Waals surface area contributed by atoms with E-state index in [0.29, 0.717) is 95.5 Å². The minimum Gasteiger partial charge on any atom is -0.493 e. The van der Waals surface area contributed by atoms with Gasteiger partial charge in [0.25, 0.3) is 6.43 Å². The minimum absolute atomic E-state index is 0.0152. The predicted octanol–water partition coefficient (Wildman–Crippen LogP) is 28.7. The summed E-state index contributed by atoms with van der Waals surface area (Å²) < 4.78 is 67.9. The number of benzene rings is 12. The molecule has 1 aliphatic rings. The first-order valence-corrected chi connectivity index (χ1v) is 50.1. The first-order chi connectivity index (χ1) is 68.9. The summed E-state index contributed by atoms with van der Waals surface area (Å²) in [6.45, 7) is 42.3. The maximum atomic E-state index is 13.1. The summed E-state index contributed by atoms with van der Waals surface area (Å²) >= 11 is 0. The third-order valence-corrected chi connectivity index (χ3v) is 24.1. The quantitative estimate of drug-likeness (QED) is 0.0188. The van der Waals surface area contributed by atoms with E-state index in [1.165, 1.54) is 74.5 Å². The van der Waals surface area contributed by atoms with E-state index in [-0.39, 0.29) is 60.0 Å². The zero-order valence-electron chi connectivity index (χ0n) is 87.4. The number of aliphatic hydroxyl groups is 1. The van der Waals surface area contributed by atoms with Gasteiger partial charge in [0.1, 0.15) is 79.9 Å². The number of rotatable bonds is 40. The van der Waals surface area contributed by atoms with Crippen molar-refractivity contribution >= 4 is 69.6 Å². The lowest BCUT2D eigenvalue weighted by Gasteiger charge is -2.17. The summed E-state index contributed by atoms with van der Waals surface area (Å²) in [5.41, 5.74) is 27.2. The average Bonchev–Trinajstić information content (AvgIpc) is 1.67. The maximum Gasteiger partial charge on any atom is 0.267 e. The first-order valence-electron chi connectivity index (χ1n) is 50.1. The number of hydrogen-bond donors (Lipinski definition) is 7. The van der Waals surface area contributed by atoms with E-state index in [0.717, 1.165) is 151 Å². The summed E-state index contributed by atoms with van der Waals surface area (Å²) in [5.74, 6) is 5.84. The fraction of sp³-hybridized carbons (Fsp3) is 0.355. The first kappa shape index (κ1) is 114. The molecule has 0 radical (unpaired) electrons. The van der Waals surface area contributed by atoms with Crippen molar-refractivity contribution in [2.75, 3.05) is 38.5 Å². The average molecular weight is 1950 g/mol. The summed E-state index contributed by atoms with van der Waals surface area (Å²) in [6, 6.07) is 72.1. The highest BCUT2D eigenvalue weighted by Crippen LogP contribution is 2.44. The van der Waals surface area contributed by atoms with E-state index >= 15 is 0 Å². The number of para-hydroxylation sites is 1. The van der Waals surface area contributed by atoms with Gasteiger partial charge in [0.15, 0.2) is 0 Å². The van der Waals surface area contributed by atoms with Gasteiger partial charge in [-0.2, -0.15) is 0 Å². The molecule has 12 aromatic rings. The van der Waals surface area contributed by atoms with Gasteiger partial charge in [-0.15, -0.1) is 0 Å². The van der Waals surface area contributed by atoms with Crippen LogP contribution in [0.3, 0.4) is 0 Å². The van der Waals surface area contributed by atoms with Gasteiger partial charge in [0.2, 0.25) is 35.4 Å². The van der Waals surface area contributed by atoms with Crippen LogP contribution in [0.1, 0.15) is 269 Å². The molecule has 1 saturated carbocycles. The zero-order chi connectivity index (χ0) is 104. The molecule has 760 valence electrons. The molecule has 7 N–H and O–H groups in total. The van der Waals surface area contributed by atoms with Gasteiger partial charge in [0.05, 0.1) is 30.0 Å². The van der Waals surface area contributed by atoms with Gasteiger partial charge < -0.3 is 70.2 Å². The molecule has 143 heavy (non-hydrogen) atoms. The van der Waals surface area contributed by atoms with Crippen molar-refractivity contribution in [3.8, 4) is 40.2 Å². The second-order valence-corrected chi connectivity index (χ2v) is 35.1. The van der Waals surface area contributed by atoms with Crippen molar-refractivity contribution in [3.63, 3.8) is 0 Å². The molecule has 12 aromatic carbocycles. The van der Waals surface area contributed by atoms with E-state index in [2.05, 4.69) is 162 Å². The van der Waals surface area contributed by atoms with E-state index in [1.54, 1.807) is 51.1 Å². The summed E-state index contributed by atoms with van der Waals surface area (Å²) in [4.78, 5) is 70.4. The van der Waals surface area contributed by atoms with E-state index in [9.17, 15) is 42.7 Å². The topological polar surface area (TPSA) is 259 Å². The fourth-order valence-electron chi connectivity index (χ4n) is 15.6. The summed E-state index contributed by atoms with van der Waals surface area (Å²) in [6.07, 6.45) is 7.06. The van der Waals surface area contributed by atoms with Crippen LogP contribution in [0.2, 0.25) is 0 Å². The minimum atomic E-state index is -2.60. The van der Waals surface area contributed by atoms with Crippen LogP contribution in [0.25, 0.3) is 0 Å². The molecule has 0 atom stereocenters. The molecule has 1 aliphatic carbocycles. The fourth-order valence-corrected chi connectivity index (χ4v) is 15.6. The highest BCUT2D eigenvalue weighted by molar-refractivity contribution is 5.95. The van der Waals surface area contributed by atoms with Crippen LogP contribution in [-0.4, -0.2) is 47.2 Å². The van der Waals surface area contributed by atoms with Crippen LogP contribution >= 0.6 is 0 Å². The second-order valence-electron chi connectivity index (χ2n) is 35.1. The van der Waals surface area contributed by atoms with Gasteiger partial charge in [-0.3, -0.25) is 28.8 Å². The van der Waals surface area contributed by atoms with E-state index in [1.807, 2.05) is 176 Å². The van der Waals surface area contributed by atoms with Crippen molar-refractivity contribution in [1.29, 1.82) is 0 Å². The number of amides is 6. The maximum absolute atomic E-state index is 13.1. The van der Waals surface area contributed by atoms with Crippen LogP contribution in [0.4, 0.5) is 42.9 Å². The number of halogens is 2. The van der Waals surface area contributed by atoms with Crippen LogP contribution in [0.5, 0.6) is 40.2 Å². The highest BCUT2D eigenvalue weighted by atomic mass is 19.3. The standard InChI is InChI=1S/C22H27NO2.C21H27NO3.C20H25NO3.2C20H25NO2.C18H19F2NO2/c1-4-16-13-15(3)9-12-21(16)25-14-19-18(17-10-11-17)7-6-8-20(19)23-22(24)5-2;1-5-16-13-15(4)11-12-19(16)25-14-17-18(22-21(23)6-2)9-8-10-20(17)24-7-3;1-4-15-11-14(3)9-10-19(15)24-13-17-16(12-22)7-6-8-18(17)21-20(23)5-2;2*1-5-16-12-14(3)10-11-19(16)23-13-17-15(4)8-7-9-18(17)21-20(22)6-2;1-3-17(22)21-15-7-5-4-6-13(15)11-23-16-9-8-12(2)10-14(16)18(19)20/h6-9,12-13,17H,4-5,10-11,14H2,1-3H3,(H,23,24);8-13H,5-7,14H2,1-4H3,(H,22,23);6-11,22H,4-5,12-13H2,1-3H3,(H,21,23);2*7-12H,5-6,13H2,1-4H3,(H,21,22);4-10,18H,3,11H2,1-2H3,(H,21,22). The summed E-state index contributed by atoms with van der Waals surface area (Å²) in [7, 11) is 0. The van der Waals surface area contributed by atoms with E-state index in [4.69, 9.17) is 33.2 Å². The normalized spacial score (nSPS) is 11.0. The molecule has 13 rings (SSSR count). The molecule has 0 saturated heterocycles.